The molecule has 0 aliphatic carbocycles. The van der Waals surface area contributed by atoms with Crippen molar-refractivity contribution in [1.29, 1.82) is 0 Å². The van der Waals surface area contributed by atoms with Crippen LogP contribution in [0.2, 0.25) is 5.02 Å². The van der Waals surface area contributed by atoms with Crippen LogP contribution in [-0.4, -0.2) is 22.3 Å². The Bertz CT molecular complexity index is 1490. The Labute approximate surface area is 207 Å². The molecule has 0 saturated carbocycles. The molecule has 0 radical (unpaired) electrons. The van der Waals surface area contributed by atoms with E-state index in [1.807, 2.05) is 91.0 Å². The molecular weight excluding hydrogens is 460 g/mol. The van der Waals surface area contributed by atoms with E-state index in [4.69, 9.17) is 16.3 Å². The van der Waals surface area contributed by atoms with E-state index in [1.165, 1.54) is 0 Å². The molecule has 0 spiro atoms. The van der Waals surface area contributed by atoms with Crippen LogP contribution < -0.4 is 10.2 Å². The highest BCUT2D eigenvalue weighted by Gasteiger charge is 2.11. The van der Waals surface area contributed by atoms with Gasteiger partial charge in [-0.25, -0.2) is 5.43 Å². The van der Waals surface area contributed by atoms with E-state index in [-0.39, 0.29) is 5.91 Å². The molecule has 0 atom stereocenters. The average Bonchev–Trinajstić information content (AvgIpc) is 3.39. The fourth-order valence-corrected chi connectivity index (χ4v) is 3.76. The number of hydrogen-bond donors (Lipinski definition) is 2. The normalized spacial score (nSPS) is 11.1. The number of hydrogen-bond acceptors (Lipinski definition) is 4. The van der Waals surface area contributed by atoms with Crippen molar-refractivity contribution in [3.8, 4) is 17.0 Å². The number of benzene rings is 4. The quantitative estimate of drug-likeness (QED) is 0.214. The fraction of sp³-hybridized carbons (Fsp3) is 0.0357. The molecule has 0 unspecified atom stereocenters. The topological polar surface area (TPSA) is 79.4 Å². The van der Waals surface area contributed by atoms with Gasteiger partial charge in [-0.2, -0.15) is 10.2 Å². The third-order valence-corrected chi connectivity index (χ3v) is 5.74. The van der Waals surface area contributed by atoms with Crippen LogP contribution in [0.1, 0.15) is 21.6 Å². The van der Waals surface area contributed by atoms with E-state index < -0.39 is 0 Å². The lowest BCUT2D eigenvalue weighted by molar-refractivity contribution is 0.0950. The molecule has 172 valence electrons. The highest BCUT2D eigenvalue weighted by atomic mass is 35.5. The Balaban J connectivity index is 1.20. The van der Waals surface area contributed by atoms with Gasteiger partial charge < -0.3 is 4.74 Å². The zero-order valence-corrected chi connectivity index (χ0v) is 19.4. The van der Waals surface area contributed by atoms with E-state index >= 15 is 0 Å². The summed E-state index contributed by atoms with van der Waals surface area (Å²) in [5, 5.41) is 14.0. The third-order valence-electron chi connectivity index (χ3n) is 5.48. The van der Waals surface area contributed by atoms with Crippen LogP contribution in [0, 0.1) is 0 Å². The molecule has 4 aromatic carbocycles. The van der Waals surface area contributed by atoms with E-state index in [2.05, 4.69) is 20.7 Å². The zero-order valence-electron chi connectivity index (χ0n) is 18.6. The van der Waals surface area contributed by atoms with E-state index in [0.29, 0.717) is 23.0 Å². The van der Waals surface area contributed by atoms with Gasteiger partial charge in [-0.15, -0.1) is 0 Å². The van der Waals surface area contributed by atoms with Crippen molar-refractivity contribution in [1.82, 2.24) is 15.6 Å². The van der Waals surface area contributed by atoms with Gasteiger partial charge in [0, 0.05) is 16.1 Å². The van der Waals surface area contributed by atoms with Gasteiger partial charge in [0.2, 0.25) is 0 Å². The van der Waals surface area contributed by atoms with Gasteiger partial charge in [0.25, 0.3) is 5.91 Å². The lowest BCUT2D eigenvalue weighted by atomic mass is 10.1. The maximum Gasteiger partial charge on any atom is 0.289 e. The summed E-state index contributed by atoms with van der Waals surface area (Å²) in [6.07, 6.45) is 1.64. The third kappa shape index (κ3) is 5.39. The number of halogens is 1. The van der Waals surface area contributed by atoms with Gasteiger partial charge >= 0.3 is 0 Å². The van der Waals surface area contributed by atoms with Gasteiger partial charge in [-0.3, -0.25) is 9.89 Å². The summed E-state index contributed by atoms with van der Waals surface area (Å²) in [7, 11) is 0. The summed E-state index contributed by atoms with van der Waals surface area (Å²) in [6.45, 7) is 0.447. The molecule has 35 heavy (non-hydrogen) atoms. The second-order valence-corrected chi connectivity index (χ2v) is 8.31. The monoisotopic (exact) mass is 480 g/mol. The lowest BCUT2D eigenvalue weighted by Gasteiger charge is -2.07. The Morgan fingerprint density at radius 3 is 2.57 bits per heavy atom. The van der Waals surface area contributed by atoms with Gasteiger partial charge in [0.1, 0.15) is 18.1 Å². The Morgan fingerprint density at radius 1 is 0.971 bits per heavy atom. The van der Waals surface area contributed by atoms with Crippen LogP contribution in [0.5, 0.6) is 5.75 Å². The molecule has 6 nitrogen and oxygen atoms in total. The molecule has 0 saturated heterocycles. The lowest BCUT2D eigenvalue weighted by Crippen LogP contribution is -2.18. The predicted octanol–water partition coefficient (Wildman–Crippen LogP) is 6.23. The number of aromatic amines is 1. The van der Waals surface area contributed by atoms with Crippen molar-refractivity contribution in [3.63, 3.8) is 0 Å². The molecule has 5 aromatic rings. The fourth-order valence-electron chi connectivity index (χ4n) is 3.64. The van der Waals surface area contributed by atoms with Crippen LogP contribution in [0.15, 0.2) is 102 Å². The summed E-state index contributed by atoms with van der Waals surface area (Å²) >= 11 is 5.91. The predicted molar refractivity (Wildman–Crippen MR) is 139 cm³/mol. The number of amides is 1. The van der Waals surface area contributed by atoms with E-state index in [0.717, 1.165) is 33.2 Å². The van der Waals surface area contributed by atoms with Crippen LogP contribution in [0.25, 0.3) is 22.0 Å². The van der Waals surface area contributed by atoms with Crippen LogP contribution in [0.4, 0.5) is 0 Å². The number of aromatic nitrogens is 2. The molecule has 5 rings (SSSR count). The number of nitrogens with zero attached hydrogens (tertiary/aromatic N) is 2. The average molecular weight is 481 g/mol. The number of nitrogens with one attached hydrogen (secondary N) is 2. The SMILES string of the molecule is O=C(N/N=C/c1cccc2ccccc12)c1cc(-c2ccc(OCc3ccc(Cl)cc3)cc2)n[nH]1. The Morgan fingerprint density at radius 2 is 1.74 bits per heavy atom. The maximum absolute atomic E-state index is 12.5. The highest BCUT2D eigenvalue weighted by molar-refractivity contribution is 6.30. The molecule has 1 amide bonds. The maximum atomic E-state index is 12.5. The highest BCUT2D eigenvalue weighted by Crippen LogP contribution is 2.22. The molecule has 0 aliphatic rings. The zero-order chi connectivity index (χ0) is 24.0. The molecule has 1 aromatic heterocycles. The molecular formula is C28H21ClN4O2. The smallest absolute Gasteiger partial charge is 0.289 e. The van der Waals surface area contributed by atoms with Crippen molar-refractivity contribution < 1.29 is 9.53 Å². The second kappa shape index (κ2) is 10.2. The van der Waals surface area contributed by atoms with Crippen molar-refractivity contribution >= 4 is 34.5 Å². The number of H-pyrrole nitrogens is 1. The largest absolute Gasteiger partial charge is 0.489 e. The summed E-state index contributed by atoms with van der Waals surface area (Å²) in [4.78, 5) is 12.5. The van der Waals surface area contributed by atoms with Crippen LogP contribution in [-0.2, 0) is 6.61 Å². The van der Waals surface area contributed by atoms with Crippen molar-refractivity contribution in [3.05, 3.63) is 119 Å². The number of fused-ring (bicyclic) bond motifs is 1. The Kier molecular flexibility index (Phi) is 6.55. The minimum Gasteiger partial charge on any atom is -0.489 e. The molecule has 2 N–H and O–H groups in total. The summed E-state index contributed by atoms with van der Waals surface area (Å²) in [5.74, 6) is 0.364. The minimum atomic E-state index is -0.372. The number of carbonyl (C=O) groups excluding carboxylic acids is 1. The first-order valence-electron chi connectivity index (χ1n) is 11.0. The first kappa shape index (κ1) is 22.4. The summed E-state index contributed by atoms with van der Waals surface area (Å²) in [6, 6.07) is 30.7. The number of rotatable bonds is 7. The first-order chi connectivity index (χ1) is 17.2. The Hall–Kier alpha value is -4.42. The van der Waals surface area contributed by atoms with E-state index in [1.54, 1.807) is 12.3 Å². The summed E-state index contributed by atoms with van der Waals surface area (Å²) in [5.41, 5.74) is 6.34. The molecule has 0 fully saturated rings. The summed E-state index contributed by atoms with van der Waals surface area (Å²) < 4.78 is 5.82. The van der Waals surface area contributed by atoms with Gasteiger partial charge in [-0.1, -0.05) is 66.2 Å². The minimum absolute atomic E-state index is 0.318. The molecule has 0 aliphatic heterocycles. The van der Waals surface area contributed by atoms with Crippen LogP contribution >= 0.6 is 11.6 Å². The second-order valence-electron chi connectivity index (χ2n) is 7.87. The standard InChI is InChI=1S/C28H21ClN4O2/c29-23-12-8-19(9-13-23)18-35-24-14-10-21(11-15-24)26-16-27(32-31-26)28(34)33-30-17-22-6-3-5-20-4-1-2-7-25(20)22/h1-17H,18H2,(H,31,32)(H,33,34)/b30-17+. The van der Waals surface area contributed by atoms with E-state index in [9.17, 15) is 4.79 Å². The number of ether oxygens (including phenoxy) is 1. The van der Waals surface area contributed by atoms with Gasteiger partial charge in [0.15, 0.2) is 0 Å². The number of carbonyl (C=O) groups is 1. The first-order valence-corrected chi connectivity index (χ1v) is 11.4. The van der Waals surface area contributed by atoms with Crippen molar-refractivity contribution in [2.75, 3.05) is 0 Å². The molecule has 7 heteroatoms. The number of hydrazone groups is 1. The molecule has 0 bridgehead atoms. The van der Waals surface area contributed by atoms with Crippen molar-refractivity contribution in [2.45, 2.75) is 6.61 Å². The van der Waals surface area contributed by atoms with Gasteiger partial charge in [0.05, 0.1) is 11.9 Å². The molecule has 1 heterocycles. The van der Waals surface area contributed by atoms with Crippen molar-refractivity contribution in [2.24, 2.45) is 5.10 Å². The van der Waals surface area contributed by atoms with Gasteiger partial charge in [-0.05, 0) is 58.8 Å². The van der Waals surface area contributed by atoms with Crippen LogP contribution in [0.3, 0.4) is 0 Å².